The first-order valence-electron chi connectivity index (χ1n) is 8.19. The number of methoxy groups -OCH3 is 1. The van der Waals surface area contributed by atoms with Crippen LogP contribution < -0.4 is 10.2 Å². The van der Waals surface area contributed by atoms with Crippen molar-refractivity contribution in [2.75, 3.05) is 18.3 Å². The van der Waals surface area contributed by atoms with E-state index in [1.807, 2.05) is 49.4 Å². The Balaban J connectivity index is 1.75. The smallest absolute Gasteiger partial charge is 0.313 e. The average molecular weight is 402 g/mol. The third-order valence-corrected chi connectivity index (χ3v) is 5.70. The Labute approximate surface area is 165 Å². The van der Waals surface area contributed by atoms with E-state index in [1.54, 1.807) is 18.4 Å². The van der Waals surface area contributed by atoms with Gasteiger partial charge in [-0.3, -0.25) is 10.2 Å². The van der Waals surface area contributed by atoms with Gasteiger partial charge >= 0.3 is 5.97 Å². The quantitative estimate of drug-likeness (QED) is 0.428. The third-order valence-electron chi connectivity index (χ3n) is 3.79. The second-order valence-electron chi connectivity index (χ2n) is 5.71. The van der Waals surface area contributed by atoms with Crippen LogP contribution in [0.1, 0.15) is 18.1 Å². The first-order chi connectivity index (χ1) is 13.1. The number of aromatic nitrogens is 1. The number of carbonyl (C=O) groups is 1. The van der Waals surface area contributed by atoms with E-state index in [2.05, 4.69) is 15.5 Å². The van der Waals surface area contributed by atoms with Crippen LogP contribution in [0.15, 0.2) is 47.6 Å². The van der Waals surface area contributed by atoms with Crippen LogP contribution >= 0.6 is 23.1 Å². The Morgan fingerprint density at radius 1 is 1.33 bits per heavy atom. The fraction of sp³-hybridized carbons (Fsp3) is 0.211. The number of aliphatic carboxylic acids is 1. The van der Waals surface area contributed by atoms with Crippen molar-refractivity contribution in [3.8, 4) is 5.75 Å². The van der Waals surface area contributed by atoms with E-state index in [9.17, 15) is 4.79 Å². The Morgan fingerprint density at radius 3 is 2.89 bits per heavy atom. The number of thiazole rings is 1. The summed E-state index contributed by atoms with van der Waals surface area (Å²) in [7, 11) is 1.61. The molecule has 0 unspecified atom stereocenters. The lowest BCUT2D eigenvalue weighted by Gasteiger charge is -2.10. The van der Waals surface area contributed by atoms with Gasteiger partial charge in [-0.05, 0) is 42.8 Å². The number of nitrogens with one attached hydrogen (secondary N) is 1. The largest absolute Gasteiger partial charge is 0.496 e. The Bertz CT molecular complexity index is 952. The molecule has 27 heavy (non-hydrogen) atoms. The number of nitrogens with zero attached hydrogens (tertiary/aromatic N) is 2. The fourth-order valence-corrected chi connectivity index (χ4v) is 4.01. The molecule has 6 nitrogen and oxygen atoms in total. The zero-order valence-corrected chi connectivity index (χ0v) is 16.6. The lowest BCUT2D eigenvalue weighted by atomic mass is 10.1. The van der Waals surface area contributed by atoms with Gasteiger partial charge in [-0.2, -0.15) is 5.10 Å². The number of benzene rings is 2. The monoisotopic (exact) mass is 401 g/mol. The molecule has 140 valence electrons. The Morgan fingerprint density at radius 2 is 2.15 bits per heavy atom. The molecule has 8 heteroatoms. The van der Waals surface area contributed by atoms with Crippen molar-refractivity contribution in [3.63, 3.8) is 0 Å². The maximum absolute atomic E-state index is 10.7. The van der Waals surface area contributed by atoms with Crippen LogP contribution in [0, 0.1) is 0 Å². The normalized spacial score (nSPS) is 11.6. The van der Waals surface area contributed by atoms with Crippen LogP contribution in [0.5, 0.6) is 5.75 Å². The summed E-state index contributed by atoms with van der Waals surface area (Å²) in [4.78, 5) is 15.2. The van der Waals surface area contributed by atoms with E-state index >= 15 is 0 Å². The molecule has 0 fully saturated rings. The van der Waals surface area contributed by atoms with Crippen LogP contribution in [0.4, 0.5) is 5.13 Å². The molecule has 0 aliphatic carbocycles. The first-order valence-corrected chi connectivity index (χ1v) is 10.2. The van der Waals surface area contributed by atoms with Crippen LogP contribution in [0.3, 0.4) is 0 Å². The molecule has 2 aromatic carbocycles. The van der Waals surface area contributed by atoms with Gasteiger partial charge in [-0.25, -0.2) is 4.98 Å². The molecule has 3 aromatic rings. The van der Waals surface area contributed by atoms with Crippen molar-refractivity contribution in [3.05, 3.63) is 53.6 Å². The van der Waals surface area contributed by atoms with Gasteiger partial charge in [0.1, 0.15) is 5.75 Å². The number of hydrazone groups is 1. The molecule has 0 saturated carbocycles. The van der Waals surface area contributed by atoms with Crippen LogP contribution in [-0.2, 0) is 10.5 Å². The van der Waals surface area contributed by atoms with Crippen molar-refractivity contribution in [2.45, 2.75) is 12.7 Å². The number of ether oxygens (including phenoxy) is 1. The Kier molecular flexibility index (Phi) is 6.31. The molecule has 1 heterocycles. The van der Waals surface area contributed by atoms with Crippen molar-refractivity contribution in [2.24, 2.45) is 5.10 Å². The van der Waals surface area contributed by atoms with E-state index < -0.39 is 5.97 Å². The molecule has 0 aliphatic rings. The highest BCUT2D eigenvalue weighted by Gasteiger charge is 2.09. The highest BCUT2D eigenvalue weighted by molar-refractivity contribution is 7.99. The molecule has 1 aromatic heterocycles. The number of hydrogen-bond acceptors (Lipinski definition) is 7. The first kappa shape index (κ1) is 19.2. The fourth-order valence-electron chi connectivity index (χ4n) is 2.48. The number of para-hydroxylation sites is 1. The number of fused-ring (bicyclic) bond motifs is 1. The van der Waals surface area contributed by atoms with E-state index in [4.69, 9.17) is 9.84 Å². The standard InChI is InChI=1S/C19H19N3O3S2/c1-12(21-22-19-20-15-5-3-4-6-17(15)27-19)13-7-8-16(25-2)14(9-13)10-26-11-18(23)24/h3-9H,10-11H2,1-2H3,(H,20,22)(H,23,24)/b21-12-. The Hall–Kier alpha value is -2.58. The molecule has 2 N–H and O–H groups in total. The number of carboxylic acid groups (broad SMARTS) is 1. The maximum atomic E-state index is 10.7. The molecule has 0 radical (unpaired) electrons. The number of thioether (sulfide) groups is 1. The minimum Gasteiger partial charge on any atom is -0.496 e. The topological polar surface area (TPSA) is 83.8 Å². The van der Waals surface area contributed by atoms with Crippen molar-refractivity contribution >= 4 is 50.1 Å². The van der Waals surface area contributed by atoms with Crippen molar-refractivity contribution in [1.29, 1.82) is 0 Å². The summed E-state index contributed by atoms with van der Waals surface area (Å²) in [6, 6.07) is 13.7. The van der Waals surface area contributed by atoms with Gasteiger partial charge in [0.05, 0.1) is 28.8 Å². The number of anilines is 1. The van der Waals surface area contributed by atoms with Crippen LogP contribution in [0.2, 0.25) is 0 Å². The van der Waals surface area contributed by atoms with Gasteiger partial charge in [0.2, 0.25) is 5.13 Å². The molecule has 0 bridgehead atoms. The van der Waals surface area contributed by atoms with E-state index in [-0.39, 0.29) is 5.75 Å². The van der Waals surface area contributed by atoms with Gasteiger partial charge in [-0.15, -0.1) is 11.8 Å². The van der Waals surface area contributed by atoms with E-state index in [0.29, 0.717) is 5.75 Å². The summed E-state index contributed by atoms with van der Waals surface area (Å²) >= 11 is 2.88. The van der Waals surface area contributed by atoms with Gasteiger partial charge in [0.15, 0.2) is 0 Å². The molecular weight excluding hydrogens is 382 g/mol. The summed E-state index contributed by atoms with van der Waals surface area (Å²) < 4.78 is 6.48. The SMILES string of the molecule is COc1ccc(/C(C)=N\Nc2nc3ccccc3s2)cc1CSCC(=O)O. The van der Waals surface area contributed by atoms with Crippen LogP contribution in [-0.4, -0.2) is 34.6 Å². The molecule has 0 spiro atoms. The van der Waals surface area contributed by atoms with Gasteiger partial charge in [0.25, 0.3) is 0 Å². The summed E-state index contributed by atoms with van der Waals surface area (Å²) in [5.74, 6) is 0.526. The predicted octanol–water partition coefficient (Wildman–Crippen LogP) is 4.46. The zero-order valence-electron chi connectivity index (χ0n) is 14.9. The zero-order chi connectivity index (χ0) is 19.2. The highest BCUT2D eigenvalue weighted by atomic mass is 32.2. The molecule has 0 saturated heterocycles. The molecule has 3 rings (SSSR count). The number of carboxylic acids is 1. The summed E-state index contributed by atoms with van der Waals surface area (Å²) in [5.41, 5.74) is 6.65. The second kappa shape index (κ2) is 8.88. The molecular formula is C19H19N3O3S2. The minimum absolute atomic E-state index is 0.0552. The lowest BCUT2D eigenvalue weighted by Crippen LogP contribution is -2.02. The molecule has 0 aliphatic heterocycles. The van der Waals surface area contributed by atoms with E-state index in [1.165, 1.54) is 11.8 Å². The van der Waals surface area contributed by atoms with Crippen LogP contribution in [0.25, 0.3) is 10.2 Å². The lowest BCUT2D eigenvalue weighted by molar-refractivity contribution is -0.133. The average Bonchev–Trinajstić information content (AvgIpc) is 3.08. The summed E-state index contributed by atoms with van der Waals surface area (Å²) in [6.45, 7) is 1.91. The highest BCUT2D eigenvalue weighted by Crippen LogP contribution is 2.27. The summed E-state index contributed by atoms with van der Waals surface area (Å²) in [6.07, 6.45) is 0. The van der Waals surface area contributed by atoms with E-state index in [0.717, 1.165) is 37.9 Å². The number of rotatable bonds is 8. The predicted molar refractivity (Wildman–Crippen MR) is 112 cm³/mol. The molecule has 0 amide bonds. The second-order valence-corrected chi connectivity index (χ2v) is 7.73. The van der Waals surface area contributed by atoms with Gasteiger partial charge in [0, 0.05) is 11.3 Å². The van der Waals surface area contributed by atoms with Crippen molar-refractivity contribution in [1.82, 2.24) is 4.98 Å². The molecule has 0 atom stereocenters. The summed E-state index contributed by atoms with van der Waals surface area (Å²) in [5, 5.41) is 14.0. The van der Waals surface area contributed by atoms with Gasteiger partial charge < -0.3 is 9.84 Å². The number of hydrogen-bond donors (Lipinski definition) is 2. The van der Waals surface area contributed by atoms with Gasteiger partial charge in [-0.1, -0.05) is 23.5 Å². The van der Waals surface area contributed by atoms with Crippen molar-refractivity contribution < 1.29 is 14.6 Å². The minimum atomic E-state index is -0.826. The third kappa shape index (κ3) is 4.99. The maximum Gasteiger partial charge on any atom is 0.313 e.